The van der Waals surface area contributed by atoms with Gasteiger partial charge in [0.2, 0.25) is 0 Å². The predicted molar refractivity (Wildman–Crippen MR) is 90.9 cm³/mol. The highest BCUT2D eigenvalue weighted by Crippen LogP contribution is 2.38. The molecule has 6 nitrogen and oxygen atoms in total. The van der Waals surface area contributed by atoms with Gasteiger partial charge in [0, 0.05) is 49.8 Å². The molecule has 0 amide bonds. The van der Waals surface area contributed by atoms with Crippen LogP contribution in [0.1, 0.15) is 24.0 Å². The topological polar surface area (TPSA) is 55.3 Å². The van der Waals surface area contributed by atoms with Crippen LogP contribution >= 0.6 is 0 Å². The molecular formula is C18H24FN3O3. The van der Waals surface area contributed by atoms with Crippen molar-refractivity contribution in [1.82, 2.24) is 10.2 Å². The van der Waals surface area contributed by atoms with E-state index < -0.39 is 0 Å². The summed E-state index contributed by atoms with van der Waals surface area (Å²) in [7, 11) is 1.78. The summed E-state index contributed by atoms with van der Waals surface area (Å²) in [5.41, 5.74) is 1.81. The van der Waals surface area contributed by atoms with Crippen molar-refractivity contribution < 1.29 is 18.6 Å². The van der Waals surface area contributed by atoms with E-state index in [0.717, 1.165) is 62.0 Å². The van der Waals surface area contributed by atoms with Crippen molar-refractivity contribution in [3.8, 4) is 5.75 Å². The van der Waals surface area contributed by atoms with Crippen LogP contribution in [0.15, 0.2) is 17.1 Å². The summed E-state index contributed by atoms with van der Waals surface area (Å²) in [5, 5.41) is 3.36. The molecule has 4 rings (SSSR count). The average molecular weight is 349 g/mol. The maximum atomic E-state index is 13.9. The standard InChI is InChI=1S/C18H24FN3O3/c1-20-17(22-4-2-18(10-22)3-5-23-11-18)21-8-13-6-15(19)7-14-9-24-12-25-16(13)14/h6-7H,2-5,8-12H2,1H3,(H,20,21). The Morgan fingerprint density at radius 1 is 1.36 bits per heavy atom. The second kappa shape index (κ2) is 6.80. The molecule has 3 aliphatic rings. The molecule has 0 aliphatic carbocycles. The number of likely N-dealkylation sites (tertiary alicyclic amines) is 1. The number of benzene rings is 1. The first-order valence-corrected chi connectivity index (χ1v) is 8.74. The molecule has 2 fully saturated rings. The van der Waals surface area contributed by atoms with Gasteiger partial charge in [-0.1, -0.05) is 0 Å². The molecule has 0 bridgehead atoms. The van der Waals surface area contributed by atoms with Gasteiger partial charge in [0.1, 0.15) is 11.6 Å². The highest BCUT2D eigenvalue weighted by atomic mass is 19.1. The van der Waals surface area contributed by atoms with E-state index in [1.807, 2.05) is 0 Å². The lowest BCUT2D eigenvalue weighted by molar-refractivity contribution is -0.0173. The molecule has 136 valence electrons. The van der Waals surface area contributed by atoms with E-state index >= 15 is 0 Å². The fourth-order valence-electron chi connectivity index (χ4n) is 3.98. The summed E-state index contributed by atoms with van der Waals surface area (Å²) in [5.74, 6) is 1.29. The first-order chi connectivity index (χ1) is 12.2. The summed E-state index contributed by atoms with van der Waals surface area (Å²) in [4.78, 5) is 6.67. The second-order valence-corrected chi connectivity index (χ2v) is 7.04. The quantitative estimate of drug-likeness (QED) is 0.653. The molecule has 1 aromatic rings. The van der Waals surface area contributed by atoms with Gasteiger partial charge in [-0.3, -0.25) is 4.99 Å². The van der Waals surface area contributed by atoms with E-state index in [0.29, 0.717) is 13.2 Å². The van der Waals surface area contributed by atoms with Gasteiger partial charge in [0.05, 0.1) is 13.2 Å². The van der Waals surface area contributed by atoms with Crippen molar-refractivity contribution >= 4 is 5.96 Å². The highest BCUT2D eigenvalue weighted by Gasteiger charge is 2.42. The number of fused-ring (bicyclic) bond motifs is 1. The molecule has 25 heavy (non-hydrogen) atoms. The normalized spacial score (nSPS) is 26.0. The summed E-state index contributed by atoms with van der Waals surface area (Å²) in [6.45, 7) is 4.67. The van der Waals surface area contributed by atoms with E-state index in [1.165, 1.54) is 12.1 Å². The Balaban J connectivity index is 1.44. The number of hydrogen-bond acceptors (Lipinski definition) is 4. The SMILES string of the molecule is CN=C(NCc1cc(F)cc2c1OCOC2)N1CCC2(CCOC2)C1. The van der Waals surface area contributed by atoms with Crippen LogP contribution in [0, 0.1) is 11.2 Å². The number of aliphatic imine (C=N–C) groups is 1. The van der Waals surface area contributed by atoms with Gasteiger partial charge in [0.15, 0.2) is 12.8 Å². The summed E-state index contributed by atoms with van der Waals surface area (Å²) in [6.07, 6.45) is 2.25. The number of hydrogen-bond donors (Lipinski definition) is 1. The molecule has 0 aromatic heterocycles. The van der Waals surface area contributed by atoms with Crippen LogP contribution in [0.5, 0.6) is 5.75 Å². The van der Waals surface area contributed by atoms with Crippen molar-refractivity contribution in [3.05, 3.63) is 29.1 Å². The number of nitrogens with one attached hydrogen (secondary N) is 1. The highest BCUT2D eigenvalue weighted by molar-refractivity contribution is 5.80. The van der Waals surface area contributed by atoms with Crippen molar-refractivity contribution in [3.63, 3.8) is 0 Å². The second-order valence-electron chi connectivity index (χ2n) is 7.04. The van der Waals surface area contributed by atoms with Crippen LogP contribution in [-0.4, -0.2) is 51.0 Å². The van der Waals surface area contributed by atoms with Gasteiger partial charge in [-0.25, -0.2) is 4.39 Å². The zero-order chi connectivity index (χ0) is 17.3. The maximum Gasteiger partial charge on any atom is 0.193 e. The number of ether oxygens (including phenoxy) is 3. The number of halogens is 1. The maximum absolute atomic E-state index is 13.9. The van der Waals surface area contributed by atoms with Crippen molar-refractivity contribution in [2.45, 2.75) is 26.0 Å². The number of guanidine groups is 1. The Morgan fingerprint density at radius 2 is 2.28 bits per heavy atom. The van der Waals surface area contributed by atoms with Gasteiger partial charge >= 0.3 is 0 Å². The van der Waals surface area contributed by atoms with Crippen LogP contribution in [0.25, 0.3) is 0 Å². The average Bonchev–Trinajstić information content (AvgIpc) is 3.25. The van der Waals surface area contributed by atoms with Crippen LogP contribution in [-0.2, 0) is 22.6 Å². The van der Waals surface area contributed by atoms with E-state index in [-0.39, 0.29) is 18.0 Å². The Bertz CT molecular complexity index is 674. The lowest BCUT2D eigenvalue weighted by atomic mass is 9.87. The molecule has 3 aliphatic heterocycles. The molecule has 1 N–H and O–H groups in total. The minimum atomic E-state index is -0.275. The fourth-order valence-corrected chi connectivity index (χ4v) is 3.98. The van der Waals surface area contributed by atoms with Crippen molar-refractivity contribution in [2.75, 3.05) is 40.1 Å². The zero-order valence-corrected chi connectivity index (χ0v) is 14.5. The van der Waals surface area contributed by atoms with Gasteiger partial charge < -0.3 is 24.4 Å². The molecule has 1 unspecified atom stereocenters. The van der Waals surface area contributed by atoms with E-state index in [2.05, 4.69) is 15.2 Å². The molecule has 0 radical (unpaired) electrons. The van der Waals surface area contributed by atoms with E-state index in [1.54, 1.807) is 7.05 Å². The Morgan fingerprint density at radius 3 is 3.08 bits per heavy atom. The summed E-state index contributed by atoms with van der Waals surface area (Å²) in [6, 6.07) is 2.98. The van der Waals surface area contributed by atoms with Gasteiger partial charge in [0.25, 0.3) is 0 Å². The lowest BCUT2D eigenvalue weighted by Crippen LogP contribution is -2.41. The largest absolute Gasteiger partial charge is 0.467 e. The summed E-state index contributed by atoms with van der Waals surface area (Å²) < 4.78 is 30.3. The van der Waals surface area contributed by atoms with Crippen molar-refractivity contribution in [2.24, 2.45) is 10.4 Å². The molecule has 7 heteroatoms. The first kappa shape index (κ1) is 16.6. The number of rotatable bonds is 2. The minimum absolute atomic E-state index is 0.203. The van der Waals surface area contributed by atoms with Crippen LogP contribution in [0.2, 0.25) is 0 Å². The number of nitrogens with zero attached hydrogens (tertiary/aromatic N) is 2. The predicted octanol–water partition coefficient (Wildman–Crippen LogP) is 1.88. The van der Waals surface area contributed by atoms with Crippen molar-refractivity contribution in [1.29, 1.82) is 0 Å². The van der Waals surface area contributed by atoms with Crippen LogP contribution in [0.3, 0.4) is 0 Å². The third-order valence-corrected chi connectivity index (χ3v) is 5.32. The fraction of sp³-hybridized carbons (Fsp3) is 0.611. The third kappa shape index (κ3) is 3.30. The molecule has 3 heterocycles. The molecule has 1 spiro atoms. The molecule has 2 saturated heterocycles. The van der Waals surface area contributed by atoms with Gasteiger partial charge in [-0.05, 0) is 25.0 Å². The molecule has 0 saturated carbocycles. The smallest absolute Gasteiger partial charge is 0.193 e. The van der Waals surface area contributed by atoms with Crippen LogP contribution < -0.4 is 10.1 Å². The Hall–Kier alpha value is -1.86. The first-order valence-electron chi connectivity index (χ1n) is 8.74. The summed E-state index contributed by atoms with van der Waals surface area (Å²) >= 11 is 0. The molecule has 1 aromatic carbocycles. The van der Waals surface area contributed by atoms with E-state index in [9.17, 15) is 4.39 Å². The third-order valence-electron chi connectivity index (χ3n) is 5.32. The molecular weight excluding hydrogens is 325 g/mol. The van der Waals surface area contributed by atoms with Crippen LogP contribution in [0.4, 0.5) is 4.39 Å². The Labute approximate surface area is 147 Å². The zero-order valence-electron chi connectivity index (χ0n) is 14.5. The minimum Gasteiger partial charge on any atom is -0.467 e. The van der Waals surface area contributed by atoms with Gasteiger partial charge in [-0.15, -0.1) is 0 Å². The van der Waals surface area contributed by atoms with Gasteiger partial charge in [-0.2, -0.15) is 0 Å². The Kier molecular flexibility index (Phi) is 4.52. The monoisotopic (exact) mass is 349 g/mol. The lowest BCUT2D eigenvalue weighted by Gasteiger charge is -2.26. The molecule has 1 atom stereocenters. The van der Waals surface area contributed by atoms with E-state index in [4.69, 9.17) is 14.2 Å².